The summed E-state index contributed by atoms with van der Waals surface area (Å²) in [5.41, 5.74) is 2.96. The number of likely N-dealkylation sites (tertiary alicyclic amines) is 1. The van der Waals surface area contributed by atoms with Gasteiger partial charge in [-0.1, -0.05) is 0 Å². The third-order valence-electron chi connectivity index (χ3n) is 6.21. The average Bonchev–Trinajstić information content (AvgIpc) is 3.41. The van der Waals surface area contributed by atoms with Crippen LogP contribution in [-0.4, -0.2) is 58.6 Å². The van der Waals surface area contributed by atoms with Gasteiger partial charge in [-0.15, -0.1) is 0 Å². The highest BCUT2D eigenvalue weighted by Crippen LogP contribution is 2.41. The van der Waals surface area contributed by atoms with Gasteiger partial charge in [0.1, 0.15) is 11.5 Å². The molecule has 11 heteroatoms. The first kappa shape index (κ1) is 23.5. The minimum absolute atomic E-state index is 0.0418. The van der Waals surface area contributed by atoms with E-state index in [4.69, 9.17) is 9.84 Å². The van der Waals surface area contributed by atoms with Crippen molar-refractivity contribution in [3.05, 3.63) is 66.0 Å². The Morgan fingerprint density at radius 1 is 1.14 bits per heavy atom. The molecule has 4 heterocycles. The number of fused-ring (bicyclic) bond motifs is 1. The van der Waals surface area contributed by atoms with Gasteiger partial charge < -0.3 is 19.7 Å². The largest absolute Gasteiger partial charge is 0.478 e. The third-order valence-corrected chi connectivity index (χ3v) is 7.21. The van der Waals surface area contributed by atoms with Gasteiger partial charge in [-0.3, -0.25) is 9.78 Å². The summed E-state index contributed by atoms with van der Waals surface area (Å²) >= 11 is 0. The normalized spacial score (nSPS) is 16.0. The number of aromatic amines is 1. The molecule has 0 radical (unpaired) electrons. The number of carbonyl (C=O) groups is 2. The molecule has 1 aliphatic rings. The van der Waals surface area contributed by atoms with Gasteiger partial charge in [-0.2, -0.15) is 0 Å². The molecule has 1 aliphatic heterocycles. The summed E-state index contributed by atoms with van der Waals surface area (Å²) in [6.07, 6.45) is 4.80. The maximum atomic E-state index is 12.2. The van der Waals surface area contributed by atoms with Gasteiger partial charge in [0.05, 0.1) is 29.2 Å². The minimum atomic E-state index is -3.44. The van der Waals surface area contributed by atoms with Crippen LogP contribution in [0.15, 0.2) is 59.9 Å². The second-order valence-electron chi connectivity index (χ2n) is 8.66. The van der Waals surface area contributed by atoms with Crippen LogP contribution in [-0.2, 0) is 14.6 Å². The van der Waals surface area contributed by atoms with E-state index in [1.165, 1.54) is 30.6 Å². The van der Waals surface area contributed by atoms with E-state index in [0.29, 0.717) is 35.7 Å². The van der Waals surface area contributed by atoms with Crippen LogP contribution in [0, 0.1) is 0 Å². The number of carboxylic acid groups (broad SMARTS) is 1. The van der Waals surface area contributed by atoms with E-state index in [1.807, 2.05) is 18.2 Å². The Balaban J connectivity index is 1.56. The summed E-state index contributed by atoms with van der Waals surface area (Å²) in [6.45, 7) is 0. The molecule has 0 aliphatic carbocycles. The molecule has 0 spiro atoms. The maximum Gasteiger partial charge on any atom is 0.337 e. The SMILES string of the molecule is CN1C(=O)CCC1c1cc2[nH]c(-c3ccc(C(=O)O)cn3)cc2cc1Oc1ccc(S(C)(=O)=O)nc1. The molecular weight excluding hydrogens is 484 g/mol. The van der Waals surface area contributed by atoms with Crippen LogP contribution in [0.5, 0.6) is 11.5 Å². The minimum Gasteiger partial charge on any atom is -0.478 e. The number of pyridine rings is 2. The van der Waals surface area contributed by atoms with E-state index in [1.54, 1.807) is 18.0 Å². The lowest BCUT2D eigenvalue weighted by molar-refractivity contribution is -0.127. The van der Waals surface area contributed by atoms with E-state index in [2.05, 4.69) is 15.0 Å². The lowest BCUT2D eigenvalue weighted by atomic mass is 10.0. The molecule has 1 amide bonds. The first-order valence-electron chi connectivity index (χ1n) is 11.1. The predicted octanol–water partition coefficient (Wildman–Crippen LogP) is 3.81. The molecule has 36 heavy (non-hydrogen) atoms. The van der Waals surface area contributed by atoms with Crippen molar-refractivity contribution >= 4 is 32.6 Å². The molecule has 4 aromatic rings. The summed E-state index contributed by atoms with van der Waals surface area (Å²) < 4.78 is 29.6. The molecule has 1 saturated heterocycles. The quantitative estimate of drug-likeness (QED) is 0.402. The molecule has 1 fully saturated rings. The molecule has 1 atom stereocenters. The molecule has 184 valence electrons. The van der Waals surface area contributed by atoms with Gasteiger partial charge in [0.2, 0.25) is 5.91 Å². The first-order valence-corrected chi connectivity index (χ1v) is 13.0. The van der Waals surface area contributed by atoms with Crippen LogP contribution in [0.4, 0.5) is 0 Å². The topological polar surface area (TPSA) is 143 Å². The first-order chi connectivity index (χ1) is 17.1. The van der Waals surface area contributed by atoms with Crippen LogP contribution in [0.2, 0.25) is 0 Å². The van der Waals surface area contributed by atoms with E-state index >= 15 is 0 Å². The number of aromatic carboxylic acids is 1. The number of carbonyl (C=O) groups excluding carboxylic acids is 1. The zero-order valence-electron chi connectivity index (χ0n) is 19.4. The Kier molecular flexibility index (Phi) is 5.71. The lowest BCUT2D eigenvalue weighted by Crippen LogP contribution is -2.22. The second kappa shape index (κ2) is 8.76. The summed E-state index contributed by atoms with van der Waals surface area (Å²) in [6, 6.07) is 11.5. The standard InChI is InChI=1S/C25H22N4O6S/c1-29-21(6-8-24(29)30)17-11-19-15(9-20(28-19)18-5-3-14(12-26-18)25(31)32)10-22(17)35-16-4-7-23(27-13-16)36(2,33)34/h3-5,7,9-13,21,28H,6,8H2,1-2H3,(H,31,32). The predicted molar refractivity (Wildman–Crippen MR) is 131 cm³/mol. The van der Waals surface area contributed by atoms with Crippen molar-refractivity contribution in [2.45, 2.75) is 23.9 Å². The smallest absolute Gasteiger partial charge is 0.337 e. The maximum absolute atomic E-state index is 12.2. The van der Waals surface area contributed by atoms with Gasteiger partial charge >= 0.3 is 5.97 Å². The van der Waals surface area contributed by atoms with E-state index in [9.17, 15) is 18.0 Å². The number of aromatic nitrogens is 3. The van der Waals surface area contributed by atoms with Crippen molar-refractivity contribution < 1.29 is 27.9 Å². The van der Waals surface area contributed by atoms with E-state index < -0.39 is 15.8 Å². The Morgan fingerprint density at radius 3 is 2.53 bits per heavy atom. The fourth-order valence-corrected chi connectivity index (χ4v) is 4.84. The van der Waals surface area contributed by atoms with Gasteiger partial charge in [-0.25, -0.2) is 18.2 Å². The number of nitrogens with zero attached hydrogens (tertiary/aromatic N) is 3. The van der Waals surface area contributed by atoms with Crippen LogP contribution >= 0.6 is 0 Å². The summed E-state index contributed by atoms with van der Waals surface area (Å²) in [4.78, 5) is 36.6. The van der Waals surface area contributed by atoms with Crippen molar-refractivity contribution in [1.82, 2.24) is 19.9 Å². The molecule has 3 aromatic heterocycles. The molecule has 5 rings (SSSR count). The van der Waals surface area contributed by atoms with Gasteiger partial charge in [0.15, 0.2) is 14.9 Å². The Hall–Kier alpha value is -4.25. The van der Waals surface area contributed by atoms with Crippen LogP contribution in [0.25, 0.3) is 22.3 Å². The number of amides is 1. The molecule has 2 N–H and O–H groups in total. The van der Waals surface area contributed by atoms with Crippen LogP contribution in [0.1, 0.15) is 34.8 Å². The number of carboxylic acids is 1. The number of rotatable bonds is 6. The Morgan fingerprint density at radius 2 is 1.94 bits per heavy atom. The zero-order chi connectivity index (χ0) is 25.6. The fourth-order valence-electron chi connectivity index (χ4n) is 4.28. The summed E-state index contributed by atoms with van der Waals surface area (Å²) in [7, 11) is -1.69. The van der Waals surface area contributed by atoms with Crippen molar-refractivity contribution in [2.24, 2.45) is 0 Å². The number of hydrogen-bond donors (Lipinski definition) is 2. The zero-order valence-corrected chi connectivity index (χ0v) is 20.2. The number of benzene rings is 1. The summed E-state index contributed by atoms with van der Waals surface area (Å²) in [5, 5.41) is 9.89. The monoisotopic (exact) mass is 506 g/mol. The van der Waals surface area contributed by atoms with Crippen LogP contribution in [0.3, 0.4) is 0 Å². The molecule has 0 saturated carbocycles. The highest BCUT2D eigenvalue weighted by molar-refractivity contribution is 7.90. The fraction of sp³-hybridized carbons (Fsp3) is 0.200. The summed E-state index contributed by atoms with van der Waals surface area (Å²) in [5.74, 6) is -0.133. The van der Waals surface area contributed by atoms with Crippen LogP contribution < -0.4 is 4.74 Å². The molecule has 10 nitrogen and oxygen atoms in total. The molecule has 1 aromatic carbocycles. The molecule has 0 bridgehead atoms. The average molecular weight is 507 g/mol. The van der Waals surface area contributed by atoms with Crippen molar-refractivity contribution in [2.75, 3.05) is 13.3 Å². The van der Waals surface area contributed by atoms with Crippen molar-refractivity contribution in [3.63, 3.8) is 0 Å². The lowest BCUT2D eigenvalue weighted by Gasteiger charge is -2.23. The van der Waals surface area contributed by atoms with Crippen molar-refractivity contribution in [3.8, 4) is 22.9 Å². The van der Waals surface area contributed by atoms with Gasteiger partial charge in [0.25, 0.3) is 0 Å². The highest BCUT2D eigenvalue weighted by Gasteiger charge is 2.31. The third kappa shape index (κ3) is 4.40. The number of hydrogen-bond acceptors (Lipinski definition) is 7. The van der Waals surface area contributed by atoms with Gasteiger partial charge in [-0.05, 0) is 48.9 Å². The number of ether oxygens (including phenoxy) is 1. The van der Waals surface area contributed by atoms with E-state index in [0.717, 1.165) is 22.7 Å². The number of H-pyrrole nitrogens is 1. The second-order valence-corrected chi connectivity index (χ2v) is 10.6. The Bertz CT molecular complexity index is 1590. The number of sulfone groups is 1. The molecule has 1 unspecified atom stereocenters. The number of nitrogens with one attached hydrogen (secondary N) is 1. The molecular formula is C25H22N4O6S. The van der Waals surface area contributed by atoms with E-state index in [-0.39, 0.29) is 22.5 Å². The Labute approximate surface area is 206 Å². The van der Waals surface area contributed by atoms with Crippen molar-refractivity contribution in [1.29, 1.82) is 0 Å². The van der Waals surface area contributed by atoms with Gasteiger partial charge in [0, 0.05) is 42.4 Å². The highest BCUT2D eigenvalue weighted by atomic mass is 32.2.